The summed E-state index contributed by atoms with van der Waals surface area (Å²) in [5, 5.41) is 2.18. The van der Waals surface area contributed by atoms with Gasteiger partial charge < -0.3 is 4.42 Å². The number of halogens is 1. The second-order valence-corrected chi connectivity index (χ2v) is 11.7. The third kappa shape index (κ3) is 3.83. The molecule has 9 rings (SSSR count). The fourth-order valence-corrected chi connectivity index (χ4v) is 7.29. The van der Waals surface area contributed by atoms with Gasteiger partial charge in [-0.15, -0.1) is 0 Å². The molecule has 45 heavy (non-hydrogen) atoms. The highest BCUT2D eigenvalue weighted by Gasteiger charge is 2.45. The lowest BCUT2D eigenvalue weighted by atomic mass is 9.67. The Balaban J connectivity index is 1.26. The summed E-state index contributed by atoms with van der Waals surface area (Å²) in [6.45, 7) is 0. The van der Waals surface area contributed by atoms with Crippen molar-refractivity contribution in [1.29, 1.82) is 0 Å². The number of nitrogens with zero attached hydrogens (tertiary/aromatic N) is 3. The molecule has 2 aromatic heterocycles. The topological polar surface area (TPSA) is 51.8 Å². The Kier molecular flexibility index (Phi) is 5.74. The van der Waals surface area contributed by atoms with Gasteiger partial charge in [0.1, 0.15) is 11.2 Å². The highest BCUT2D eigenvalue weighted by Crippen LogP contribution is 2.56. The number of hydrogen-bond acceptors (Lipinski definition) is 4. The maximum absolute atomic E-state index is 6.61. The molecule has 0 fully saturated rings. The second kappa shape index (κ2) is 9.98. The number of hydrogen-bond donors (Lipinski definition) is 0. The van der Waals surface area contributed by atoms with Crippen molar-refractivity contribution in [3.05, 3.63) is 173 Å². The quantitative estimate of drug-likeness (QED) is 0.202. The average molecular weight is 598 g/mol. The Morgan fingerprint density at radius 3 is 1.89 bits per heavy atom. The van der Waals surface area contributed by atoms with E-state index in [-0.39, 0.29) is 5.28 Å². The van der Waals surface area contributed by atoms with Crippen molar-refractivity contribution in [3.63, 3.8) is 0 Å². The van der Waals surface area contributed by atoms with Crippen molar-refractivity contribution in [3.8, 4) is 33.9 Å². The van der Waals surface area contributed by atoms with E-state index in [0.717, 1.165) is 38.6 Å². The molecular weight excluding hydrogens is 574 g/mol. The molecule has 0 unspecified atom stereocenters. The number of fused-ring (bicyclic) bond motifs is 6. The van der Waals surface area contributed by atoms with Crippen molar-refractivity contribution < 1.29 is 4.42 Å². The molecule has 0 saturated carbocycles. The summed E-state index contributed by atoms with van der Waals surface area (Å²) in [5.74, 6) is 0.970. The number of rotatable bonds is 4. The van der Waals surface area contributed by atoms with E-state index >= 15 is 0 Å². The lowest BCUT2D eigenvalue weighted by Crippen LogP contribution is -2.28. The van der Waals surface area contributed by atoms with Crippen LogP contribution in [0.3, 0.4) is 0 Å². The van der Waals surface area contributed by atoms with E-state index in [1.54, 1.807) is 0 Å². The fourth-order valence-electron chi connectivity index (χ4n) is 7.13. The van der Waals surface area contributed by atoms with Gasteiger partial charge in [0.25, 0.3) is 0 Å². The van der Waals surface area contributed by atoms with Crippen LogP contribution >= 0.6 is 11.6 Å². The number of para-hydroxylation sites is 2. The molecule has 0 spiro atoms. The lowest BCUT2D eigenvalue weighted by molar-refractivity contribution is 0.669. The van der Waals surface area contributed by atoms with Crippen LogP contribution < -0.4 is 0 Å². The van der Waals surface area contributed by atoms with E-state index in [2.05, 4.69) is 119 Å². The first-order valence-corrected chi connectivity index (χ1v) is 15.3. The molecule has 0 N–H and O–H groups in total. The number of benzene rings is 6. The lowest BCUT2D eigenvalue weighted by Gasteiger charge is -2.34. The molecule has 8 aromatic rings. The van der Waals surface area contributed by atoms with Crippen LogP contribution in [0.15, 0.2) is 150 Å². The minimum Gasteiger partial charge on any atom is -0.455 e. The molecule has 2 heterocycles. The molecule has 1 aliphatic carbocycles. The van der Waals surface area contributed by atoms with Crippen LogP contribution in [0.1, 0.15) is 22.3 Å². The zero-order valence-corrected chi connectivity index (χ0v) is 24.7. The van der Waals surface area contributed by atoms with Gasteiger partial charge in [-0.25, -0.2) is 4.98 Å². The molecule has 0 atom stereocenters. The summed E-state index contributed by atoms with van der Waals surface area (Å²) in [7, 11) is 0. The first-order chi connectivity index (χ1) is 22.2. The highest BCUT2D eigenvalue weighted by atomic mass is 35.5. The molecule has 0 amide bonds. The maximum atomic E-state index is 6.61. The monoisotopic (exact) mass is 597 g/mol. The predicted molar refractivity (Wildman–Crippen MR) is 180 cm³/mol. The summed E-state index contributed by atoms with van der Waals surface area (Å²) in [5.41, 5.74) is 9.95. The van der Waals surface area contributed by atoms with Crippen molar-refractivity contribution in [2.45, 2.75) is 5.41 Å². The Bertz CT molecular complexity index is 2370. The van der Waals surface area contributed by atoms with Gasteiger partial charge in [0.05, 0.1) is 11.0 Å². The third-order valence-electron chi connectivity index (χ3n) is 8.97. The van der Waals surface area contributed by atoms with Crippen molar-refractivity contribution in [1.82, 2.24) is 15.0 Å². The number of aromatic nitrogens is 3. The van der Waals surface area contributed by atoms with Crippen LogP contribution in [0.4, 0.5) is 0 Å². The van der Waals surface area contributed by atoms with Crippen LogP contribution in [0.5, 0.6) is 0 Å². The number of furan rings is 1. The minimum atomic E-state index is -0.524. The molecule has 4 nitrogen and oxygen atoms in total. The first-order valence-electron chi connectivity index (χ1n) is 14.9. The van der Waals surface area contributed by atoms with Gasteiger partial charge in [-0.2, -0.15) is 9.97 Å². The normalized spacial score (nSPS) is 13.2. The summed E-state index contributed by atoms with van der Waals surface area (Å²) >= 11 is 6.61. The van der Waals surface area contributed by atoms with Gasteiger partial charge in [0.15, 0.2) is 11.6 Å². The van der Waals surface area contributed by atoms with E-state index in [1.807, 2.05) is 36.4 Å². The van der Waals surface area contributed by atoms with Gasteiger partial charge in [0, 0.05) is 16.3 Å². The largest absolute Gasteiger partial charge is 0.455 e. The molecule has 0 aliphatic heterocycles. The molecule has 212 valence electrons. The van der Waals surface area contributed by atoms with E-state index in [0.29, 0.717) is 11.6 Å². The van der Waals surface area contributed by atoms with Crippen molar-refractivity contribution >= 4 is 33.5 Å². The summed E-state index contributed by atoms with van der Waals surface area (Å²) in [4.78, 5) is 14.2. The minimum absolute atomic E-state index is 0.128. The highest BCUT2D eigenvalue weighted by molar-refractivity contribution is 6.28. The smallest absolute Gasteiger partial charge is 0.226 e. The van der Waals surface area contributed by atoms with Gasteiger partial charge in [-0.1, -0.05) is 127 Å². The maximum Gasteiger partial charge on any atom is 0.226 e. The SMILES string of the molecule is Clc1nc(-c2cccc(C3(c4ccccc4)c4ccccc4-c4ccccc43)c2)nc(-c2cccc3c2oc2ccccc23)n1. The Morgan fingerprint density at radius 1 is 0.489 bits per heavy atom. The van der Waals surface area contributed by atoms with E-state index in [1.165, 1.54) is 27.8 Å². The van der Waals surface area contributed by atoms with Gasteiger partial charge in [-0.3, -0.25) is 0 Å². The fraction of sp³-hybridized carbons (Fsp3) is 0.0250. The summed E-state index contributed by atoms with van der Waals surface area (Å²) in [6.07, 6.45) is 0. The second-order valence-electron chi connectivity index (χ2n) is 11.3. The van der Waals surface area contributed by atoms with E-state index in [9.17, 15) is 0 Å². The zero-order chi connectivity index (χ0) is 30.0. The predicted octanol–water partition coefficient (Wildman–Crippen LogP) is 10.1. The van der Waals surface area contributed by atoms with Crippen LogP contribution in [0.25, 0.3) is 55.8 Å². The molecule has 1 aliphatic rings. The van der Waals surface area contributed by atoms with Crippen molar-refractivity contribution in [2.75, 3.05) is 0 Å². The van der Waals surface area contributed by atoms with Gasteiger partial charge in [-0.05, 0) is 63.2 Å². The Hall–Kier alpha value is -5.58. The first kappa shape index (κ1) is 25.9. The average Bonchev–Trinajstić information content (AvgIpc) is 3.63. The van der Waals surface area contributed by atoms with Crippen LogP contribution in [-0.4, -0.2) is 15.0 Å². The molecule has 0 bridgehead atoms. The molecule has 6 aromatic carbocycles. The molecule has 0 radical (unpaired) electrons. The van der Waals surface area contributed by atoms with Crippen LogP contribution in [-0.2, 0) is 5.41 Å². The van der Waals surface area contributed by atoms with Crippen LogP contribution in [0, 0.1) is 0 Å². The third-order valence-corrected chi connectivity index (χ3v) is 9.14. The standard InChI is InChI=1S/C40H24ClN3O/c41-39-43-37(42-38(44-39)32-20-11-19-31-30-18-6-9-23-35(30)45-36(31)32)25-12-10-15-27(24-25)40(26-13-2-1-3-14-26)33-21-7-4-16-28(33)29-17-5-8-22-34(29)40/h1-24H. The van der Waals surface area contributed by atoms with Gasteiger partial charge in [0.2, 0.25) is 5.28 Å². The summed E-state index contributed by atoms with van der Waals surface area (Å²) in [6, 6.07) is 50.7. The van der Waals surface area contributed by atoms with Crippen LogP contribution in [0.2, 0.25) is 5.28 Å². The Morgan fingerprint density at radius 2 is 1.09 bits per heavy atom. The zero-order valence-electron chi connectivity index (χ0n) is 24.0. The molecular formula is C40H24ClN3O. The van der Waals surface area contributed by atoms with E-state index < -0.39 is 5.41 Å². The van der Waals surface area contributed by atoms with Gasteiger partial charge >= 0.3 is 0 Å². The van der Waals surface area contributed by atoms with E-state index in [4.69, 9.17) is 21.0 Å². The Labute approximate surface area is 264 Å². The molecule has 0 saturated heterocycles. The molecule has 5 heteroatoms. The summed E-state index contributed by atoms with van der Waals surface area (Å²) < 4.78 is 6.30. The van der Waals surface area contributed by atoms with Crippen molar-refractivity contribution in [2.24, 2.45) is 0 Å².